The molecule has 8 heteroatoms. The van der Waals surface area contributed by atoms with Gasteiger partial charge in [-0.05, 0) is 59.3 Å². The molecule has 37 heavy (non-hydrogen) atoms. The van der Waals surface area contributed by atoms with E-state index >= 15 is 0 Å². The third kappa shape index (κ3) is 3.94. The van der Waals surface area contributed by atoms with Crippen molar-refractivity contribution in [2.45, 2.75) is 0 Å². The van der Waals surface area contributed by atoms with E-state index in [1.807, 2.05) is 66.2 Å². The van der Waals surface area contributed by atoms with Crippen LogP contribution in [-0.4, -0.2) is 32.7 Å². The Kier molecular flexibility index (Phi) is 5.34. The first-order valence-electron chi connectivity index (χ1n) is 11.6. The number of aromatic hydroxyl groups is 1. The lowest BCUT2D eigenvalue weighted by atomic mass is 10.0. The maximum absolute atomic E-state index is 13.2. The van der Waals surface area contributed by atoms with Gasteiger partial charge in [0, 0.05) is 30.3 Å². The van der Waals surface area contributed by atoms with Crippen LogP contribution in [0, 0.1) is 0 Å². The molecule has 4 aromatic carbocycles. The molecule has 8 nitrogen and oxygen atoms in total. The molecule has 1 amide bonds. The SMILES string of the molecule is COc1cc2c(Oc3ccc4c(C(=O)Nc5nc6ccccc6n5C)cccc4c3)ccnc2cc1O. The highest BCUT2D eigenvalue weighted by atomic mass is 16.5. The zero-order valence-corrected chi connectivity index (χ0v) is 20.1. The number of phenols is 1. The lowest BCUT2D eigenvalue weighted by molar-refractivity contribution is 0.102. The number of anilines is 1. The molecule has 0 radical (unpaired) electrons. The normalized spacial score (nSPS) is 11.2. The van der Waals surface area contributed by atoms with E-state index in [4.69, 9.17) is 9.47 Å². The summed E-state index contributed by atoms with van der Waals surface area (Å²) in [6.45, 7) is 0. The molecule has 0 aliphatic carbocycles. The van der Waals surface area contributed by atoms with Gasteiger partial charge < -0.3 is 19.1 Å². The van der Waals surface area contributed by atoms with E-state index in [-0.39, 0.29) is 11.7 Å². The van der Waals surface area contributed by atoms with E-state index < -0.39 is 0 Å². The molecule has 0 aliphatic rings. The van der Waals surface area contributed by atoms with Crippen molar-refractivity contribution in [1.29, 1.82) is 0 Å². The van der Waals surface area contributed by atoms with Gasteiger partial charge in [0.2, 0.25) is 5.95 Å². The summed E-state index contributed by atoms with van der Waals surface area (Å²) < 4.78 is 13.3. The van der Waals surface area contributed by atoms with Crippen LogP contribution in [0.15, 0.2) is 85.1 Å². The lowest BCUT2D eigenvalue weighted by Crippen LogP contribution is -2.15. The fraction of sp³-hybridized carbons (Fsp3) is 0.0690. The molecule has 6 rings (SSSR count). The summed E-state index contributed by atoms with van der Waals surface area (Å²) in [5, 5.41) is 15.4. The monoisotopic (exact) mass is 490 g/mol. The number of amides is 1. The number of rotatable bonds is 5. The number of nitrogens with zero attached hydrogens (tertiary/aromatic N) is 3. The Morgan fingerprint density at radius 3 is 2.62 bits per heavy atom. The van der Waals surface area contributed by atoms with Crippen LogP contribution in [-0.2, 0) is 7.05 Å². The number of methoxy groups -OCH3 is 1. The molecule has 6 aromatic rings. The number of aryl methyl sites for hydroxylation is 1. The third-order valence-corrected chi connectivity index (χ3v) is 6.34. The van der Waals surface area contributed by atoms with Crippen molar-refractivity contribution >= 4 is 44.6 Å². The van der Waals surface area contributed by atoms with E-state index in [2.05, 4.69) is 15.3 Å². The summed E-state index contributed by atoms with van der Waals surface area (Å²) >= 11 is 0. The van der Waals surface area contributed by atoms with Crippen LogP contribution in [0.5, 0.6) is 23.0 Å². The summed E-state index contributed by atoms with van der Waals surface area (Å²) in [5.41, 5.74) is 2.87. The van der Waals surface area contributed by atoms with E-state index in [0.717, 1.165) is 21.8 Å². The first-order chi connectivity index (χ1) is 18.0. The third-order valence-electron chi connectivity index (χ3n) is 6.34. The van der Waals surface area contributed by atoms with Crippen LogP contribution in [0.2, 0.25) is 0 Å². The molecule has 2 N–H and O–H groups in total. The van der Waals surface area contributed by atoms with Gasteiger partial charge in [0.15, 0.2) is 11.5 Å². The molecule has 0 aliphatic heterocycles. The molecule has 0 bridgehead atoms. The van der Waals surface area contributed by atoms with E-state index in [1.54, 1.807) is 24.4 Å². The lowest BCUT2D eigenvalue weighted by Gasteiger charge is -2.12. The maximum Gasteiger partial charge on any atom is 0.258 e. The number of benzene rings is 4. The van der Waals surface area contributed by atoms with Gasteiger partial charge in [-0.3, -0.25) is 15.1 Å². The van der Waals surface area contributed by atoms with Gasteiger partial charge in [0.05, 0.1) is 23.7 Å². The minimum atomic E-state index is -0.246. The second-order valence-electron chi connectivity index (χ2n) is 8.58. The number of hydrogen-bond acceptors (Lipinski definition) is 6. The number of hydrogen-bond donors (Lipinski definition) is 2. The molecular weight excluding hydrogens is 468 g/mol. The quantitative estimate of drug-likeness (QED) is 0.306. The van der Waals surface area contributed by atoms with Crippen LogP contribution in [0.25, 0.3) is 32.7 Å². The van der Waals surface area contributed by atoms with Crippen molar-refractivity contribution < 1.29 is 19.4 Å². The predicted molar refractivity (Wildman–Crippen MR) is 143 cm³/mol. The van der Waals surface area contributed by atoms with Crippen molar-refractivity contribution in [3.05, 3.63) is 90.6 Å². The fourth-order valence-electron chi connectivity index (χ4n) is 4.47. The Labute approximate surface area is 211 Å². The van der Waals surface area contributed by atoms with Crippen LogP contribution >= 0.6 is 0 Å². The van der Waals surface area contributed by atoms with Crippen LogP contribution in [0.1, 0.15) is 10.4 Å². The van der Waals surface area contributed by atoms with E-state index in [1.165, 1.54) is 13.2 Å². The topological polar surface area (TPSA) is 98.5 Å². The van der Waals surface area contributed by atoms with Crippen LogP contribution in [0.3, 0.4) is 0 Å². The highest BCUT2D eigenvalue weighted by Crippen LogP contribution is 2.37. The summed E-state index contributed by atoms with van der Waals surface area (Å²) in [4.78, 5) is 22.1. The number of para-hydroxylation sites is 2. The Hall–Kier alpha value is -5.11. The second kappa shape index (κ2) is 8.83. The number of carbonyl (C=O) groups is 1. The minimum absolute atomic E-state index is 0.00908. The average Bonchev–Trinajstić information content (AvgIpc) is 3.22. The van der Waals surface area contributed by atoms with Gasteiger partial charge in [-0.1, -0.05) is 24.3 Å². The van der Waals surface area contributed by atoms with Gasteiger partial charge in [0.1, 0.15) is 11.5 Å². The number of ether oxygens (including phenoxy) is 2. The van der Waals surface area contributed by atoms with Gasteiger partial charge in [0.25, 0.3) is 5.91 Å². The number of fused-ring (bicyclic) bond motifs is 3. The predicted octanol–water partition coefficient (Wildman–Crippen LogP) is 6.03. The zero-order chi connectivity index (χ0) is 25.5. The van der Waals surface area contributed by atoms with Crippen molar-refractivity contribution in [2.75, 3.05) is 12.4 Å². The molecule has 0 unspecified atom stereocenters. The van der Waals surface area contributed by atoms with Crippen molar-refractivity contribution in [1.82, 2.24) is 14.5 Å². The van der Waals surface area contributed by atoms with E-state index in [9.17, 15) is 9.90 Å². The molecule has 2 aromatic heterocycles. The Morgan fingerprint density at radius 1 is 0.919 bits per heavy atom. The van der Waals surface area contributed by atoms with Gasteiger partial charge >= 0.3 is 0 Å². The summed E-state index contributed by atoms with van der Waals surface area (Å²) in [5.74, 6) is 1.74. The summed E-state index contributed by atoms with van der Waals surface area (Å²) in [6, 6.07) is 23.8. The van der Waals surface area contributed by atoms with Crippen LogP contribution in [0.4, 0.5) is 5.95 Å². The highest BCUT2D eigenvalue weighted by molar-refractivity contribution is 6.13. The molecule has 0 saturated carbocycles. The van der Waals surface area contributed by atoms with Gasteiger partial charge in [-0.2, -0.15) is 0 Å². The van der Waals surface area contributed by atoms with Gasteiger partial charge in [-0.25, -0.2) is 4.98 Å². The van der Waals surface area contributed by atoms with Crippen molar-refractivity contribution in [3.8, 4) is 23.0 Å². The molecule has 0 fully saturated rings. The number of pyridine rings is 1. The van der Waals surface area contributed by atoms with E-state index in [0.29, 0.717) is 39.7 Å². The smallest absolute Gasteiger partial charge is 0.258 e. The second-order valence-corrected chi connectivity index (χ2v) is 8.58. The maximum atomic E-state index is 13.2. The number of aromatic nitrogens is 3. The number of nitrogens with one attached hydrogen (secondary N) is 1. The minimum Gasteiger partial charge on any atom is -0.504 e. The van der Waals surface area contributed by atoms with Crippen molar-refractivity contribution in [3.63, 3.8) is 0 Å². The largest absolute Gasteiger partial charge is 0.504 e. The molecule has 0 saturated heterocycles. The molecule has 2 heterocycles. The number of carbonyl (C=O) groups excluding carboxylic acids is 1. The molecule has 0 spiro atoms. The Morgan fingerprint density at radius 2 is 1.78 bits per heavy atom. The molecule has 182 valence electrons. The van der Waals surface area contributed by atoms with Gasteiger partial charge in [-0.15, -0.1) is 0 Å². The standard InChI is InChI=1S/C29H22N4O4/c1-33-24-9-4-3-8-22(24)31-29(33)32-28(35)20-7-5-6-17-14-18(10-11-19(17)20)37-26-12-13-30-23-16-25(34)27(36-2)15-21(23)26/h3-16,34H,1-2H3,(H,31,32,35). The Balaban J connectivity index is 1.32. The molecular formula is C29H22N4O4. The zero-order valence-electron chi connectivity index (χ0n) is 20.1. The fourth-order valence-corrected chi connectivity index (χ4v) is 4.47. The first kappa shape index (κ1) is 22.4. The average molecular weight is 491 g/mol. The summed E-state index contributed by atoms with van der Waals surface area (Å²) in [7, 11) is 3.36. The molecule has 0 atom stereocenters. The highest BCUT2D eigenvalue weighted by Gasteiger charge is 2.16. The van der Waals surface area contributed by atoms with Crippen LogP contribution < -0.4 is 14.8 Å². The first-order valence-corrected chi connectivity index (χ1v) is 11.6. The van der Waals surface area contributed by atoms with Crippen molar-refractivity contribution in [2.24, 2.45) is 7.05 Å². The Bertz CT molecular complexity index is 1830. The summed E-state index contributed by atoms with van der Waals surface area (Å²) in [6.07, 6.45) is 1.62. The number of phenolic OH excluding ortho intramolecular Hbond substituents is 1. The number of imidazole rings is 1.